The largest absolute Gasteiger partial charge is 0.135 e. The Balaban J connectivity index is 0. The number of halogens is 1. The van der Waals surface area contributed by atoms with Gasteiger partial charge in [0.15, 0.2) is 0 Å². The summed E-state index contributed by atoms with van der Waals surface area (Å²) < 4.78 is 1.47. The molecule has 2 heterocycles. The highest BCUT2D eigenvalue weighted by Gasteiger charge is 2.10. The summed E-state index contributed by atoms with van der Waals surface area (Å²) in [4.78, 5) is 2.14. The van der Waals surface area contributed by atoms with Gasteiger partial charge < -0.3 is 0 Å². The van der Waals surface area contributed by atoms with Crippen LogP contribution in [0.4, 0.5) is 0 Å². The molecule has 0 bridgehead atoms. The first-order valence-corrected chi connectivity index (χ1v) is 25.3. The van der Waals surface area contributed by atoms with E-state index in [1.807, 2.05) is 17.5 Å². The van der Waals surface area contributed by atoms with Crippen LogP contribution in [-0.4, -0.2) is 16.1 Å². The Morgan fingerprint density at radius 3 is 1.43 bits per heavy atom. The molecular formula is C39H57IS2Si2. The van der Waals surface area contributed by atoms with E-state index < -0.39 is 16.1 Å². The molecule has 0 saturated carbocycles. The van der Waals surface area contributed by atoms with E-state index in [1.54, 1.807) is 22.7 Å². The van der Waals surface area contributed by atoms with Crippen LogP contribution in [0.2, 0.25) is 39.3 Å². The van der Waals surface area contributed by atoms with E-state index in [1.165, 1.54) is 39.6 Å². The summed E-state index contributed by atoms with van der Waals surface area (Å²) in [5.74, 6) is 16.1. The van der Waals surface area contributed by atoms with E-state index in [2.05, 4.69) is 148 Å². The van der Waals surface area contributed by atoms with Crippen LogP contribution in [0.5, 0.6) is 0 Å². The van der Waals surface area contributed by atoms with Gasteiger partial charge in [-0.1, -0.05) is 142 Å². The van der Waals surface area contributed by atoms with Crippen molar-refractivity contribution >= 4 is 61.4 Å². The number of terminal acetylenes is 1. The average molecular weight is 773 g/mol. The van der Waals surface area contributed by atoms with Gasteiger partial charge in [-0.15, -0.1) is 40.2 Å². The second-order valence-corrected chi connectivity index (χ2v) is 24.9. The van der Waals surface area contributed by atoms with E-state index in [9.17, 15) is 0 Å². The Kier molecular flexibility index (Phi) is 25.7. The molecule has 240 valence electrons. The number of hydrogen-bond acceptors (Lipinski definition) is 2. The van der Waals surface area contributed by atoms with Gasteiger partial charge >= 0.3 is 0 Å². The van der Waals surface area contributed by atoms with Crippen LogP contribution < -0.4 is 0 Å². The Labute approximate surface area is 297 Å². The van der Waals surface area contributed by atoms with Crippen molar-refractivity contribution in [1.29, 1.82) is 0 Å². The molecule has 0 atom stereocenters. The van der Waals surface area contributed by atoms with Gasteiger partial charge in [0.1, 0.15) is 16.1 Å². The second kappa shape index (κ2) is 25.5. The molecule has 2 rings (SSSR count). The van der Waals surface area contributed by atoms with Gasteiger partial charge in [-0.3, -0.25) is 0 Å². The SMILES string of the molecule is C.C#Cc1cccs1.CCC/C(C#Cc1cccs1)=C(\C#C[Si](C)(C)C)CCC.CCC/C(I)=C(\C#C[Si](C)(C)C)CCC. The summed E-state index contributed by atoms with van der Waals surface area (Å²) in [5, 5.41) is 4.04. The number of allylic oxidation sites excluding steroid dienone is 4. The van der Waals surface area contributed by atoms with Crippen molar-refractivity contribution < 1.29 is 0 Å². The lowest BCUT2D eigenvalue weighted by atomic mass is 10.0. The Morgan fingerprint density at radius 1 is 0.659 bits per heavy atom. The minimum Gasteiger partial charge on any atom is -0.135 e. The fraction of sp³-hybridized carbons (Fsp3) is 0.487. The first-order valence-electron chi connectivity index (χ1n) is 15.5. The van der Waals surface area contributed by atoms with Gasteiger partial charge in [-0.2, -0.15) is 0 Å². The predicted molar refractivity (Wildman–Crippen MR) is 220 cm³/mol. The summed E-state index contributed by atoms with van der Waals surface area (Å²) in [7, 11) is -2.55. The van der Waals surface area contributed by atoms with Crippen LogP contribution in [0.25, 0.3) is 0 Å². The zero-order valence-corrected chi connectivity index (χ0v) is 34.2. The maximum Gasteiger partial charge on any atom is 0.129 e. The lowest BCUT2D eigenvalue weighted by Gasteiger charge is -2.07. The fourth-order valence-electron chi connectivity index (χ4n) is 3.34. The standard InChI is InChI=1S/C19H26SSi.C13H23ISi.C6H4S.CH4/c1-6-9-17(12-13-19-11-8-15-20-19)18(10-7-2)14-16-21(3,4)5;1-6-8-12(13(14)9-7-2)10-11-15(3,4)5;1-2-6-4-3-5-7-6;/h8,11,15H,6-7,9-10H2,1-5H3;6-9H2,1-5H3;1,3-5H;1H4/b18-17+;13-12+;;. The van der Waals surface area contributed by atoms with E-state index in [4.69, 9.17) is 6.42 Å². The number of rotatable bonds is 8. The molecule has 0 aliphatic carbocycles. The van der Waals surface area contributed by atoms with Crippen LogP contribution >= 0.6 is 45.3 Å². The highest BCUT2D eigenvalue weighted by molar-refractivity contribution is 14.1. The molecule has 0 N–H and O–H groups in total. The Bertz CT molecular complexity index is 1340. The minimum atomic E-state index is -1.34. The van der Waals surface area contributed by atoms with E-state index in [0.717, 1.165) is 41.9 Å². The lowest BCUT2D eigenvalue weighted by molar-refractivity contribution is 0.880. The van der Waals surface area contributed by atoms with Crippen molar-refractivity contribution in [2.45, 2.75) is 126 Å². The smallest absolute Gasteiger partial charge is 0.129 e. The highest BCUT2D eigenvalue weighted by atomic mass is 127. The van der Waals surface area contributed by atoms with Gasteiger partial charge in [0.05, 0.1) is 9.75 Å². The fourth-order valence-corrected chi connectivity index (χ4v) is 6.43. The molecule has 44 heavy (non-hydrogen) atoms. The van der Waals surface area contributed by atoms with Crippen molar-refractivity contribution in [1.82, 2.24) is 0 Å². The molecule has 0 fully saturated rings. The number of hydrogen-bond donors (Lipinski definition) is 0. The van der Waals surface area contributed by atoms with Crippen molar-refractivity contribution in [2.24, 2.45) is 0 Å². The van der Waals surface area contributed by atoms with Gasteiger partial charge in [-0.05, 0) is 71.2 Å². The molecular weight excluding hydrogens is 716 g/mol. The second-order valence-electron chi connectivity index (χ2n) is 12.2. The summed E-state index contributed by atoms with van der Waals surface area (Å²) in [6.07, 6.45) is 14.1. The van der Waals surface area contributed by atoms with E-state index >= 15 is 0 Å². The molecule has 0 spiro atoms. The van der Waals surface area contributed by atoms with Crippen LogP contribution in [0.1, 0.15) is 96.2 Å². The van der Waals surface area contributed by atoms with Crippen molar-refractivity contribution in [3.8, 4) is 47.1 Å². The van der Waals surface area contributed by atoms with Crippen molar-refractivity contribution in [3.05, 3.63) is 65.1 Å². The first kappa shape index (κ1) is 44.4. The normalized spacial score (nSPS) is 11.3. The molecule has 5 heteroatoms. The van der Waals surface area contributed by atoms with Gasteiger partial charge in [0.25, 0.3) is 0 Å². The van der Waals surface area contributed by atoms with Crippen molar-refractivity contribution in [2.75, 3.05) is 0 Å². The third kappa shape index (κ3) is 23.6. The van der Waals surface area contributed by atoms with Crippen LogP contribution in [-0.2, 0) is 0 Å². The number of thiophene rings is 2. The van der Waals surface area contributed by atoms with Crippen LogP contribution in [0.15, 0.2) is 55.3 Å². The molecule has 0 unspecified atom stereocenters. The molecule has 2 aromatic heterocycles. The molecule has 0 nitrogen and oxygen atoms in total. The summed E-state index contributed by atoms with van der Waals surface area (Å²) >= 11 is 5.76. The van der Waals surface area contributed by atoms with Gasteiger partial charge in [0.2, 0.25) is 0 Å². The third-order valence-corrected chi connectivity index (χ3v) is 9.89. The van der Waals surface area contributed by atoms with Gasteiger partial charge in [-0.25, -0.2) is 0 Å². The highest BCUT2D eigenvalue weighted by Crippen LogP contribution is 2.22. The molecule has 2 aromatic rings. The zero-order chi connectivity index (χ0) is 32.7. The molecule has 0 amide bonds. The molecule has 0 saturated heterocycles. The predicted octanol–water partition coefficient (Wildman–Crippen LogP) is 13.4. The zero-order valence-electron chi connectivity index (χ0n) is 28.4. The maximum absolute atomic E-state index is 5.05. The average Bonchev–Trinajstić information content (AvgIpc) is 3.66. The molecule has 0 aliphatic rings. The summed E-state index contributed by atoms with van der Waals surface area (Å²) in [6.45, 7) is 22.7. The molecule has 0 radical (unpaired) electrons. The quantitative estimate of drug-likeness (QED) is 0.142. The van der Waals surface area contributed by atoms with E-state index in [-0.39, 0.29) is 7.43 Å². The van der Waals surface area contributed by atoms with Crippen LogP contribution in [0, 0.1) is 47.1 Å². The summed E-state index contributed by atoms with van der Waals surface area (Å²) in [5.41, 5.74) is 10.9. The van der Waals surface area contributed by atoms with E-state index in [0.29, 0.717) is 0 Å². The maximum atomic E-state index is 5.05. The monoisotopic (exact) mass is 772 g/mol. The van der Waals surface area contributed by atoms with Crippen molar-refractivity contribution in [3.63, 3.8) is 0 Å². The Hall–Kier alpha value is -1.72. The topological polar surface area (TPSA) is 0 Å². The van der Waals surface area contributed by atoms with Crippen LogP contribution in [0.3, 0.4) is 0 Å². The summed E-state index contributed by atoms with van der Waals surface area (Å²) in [6, 6.07) is 7.99. The Morgan fingerprint density at radius 2 is 1.07 bits per heavy atom. The lowest BCUT2D eigenvalue weighted by Crippen LogP contribution is -2.16. The first-order chi connectivity index (χ1) is 20.3. The third-order valence-electron chi connectivity index (χ3n) is 5.36. The van der Waals surface area contributed by atoms with Gasteiger partial charge in [0, 0.05) is 20.3 Å². The molecule has 0 aliphatic heterocycles. The minimum absolute atomic E-state index is 0. The molecule has 0 aromatic carbocycles.